The third-order valence-electron chi connectivity index (χ3n) is 4.04. The first kappa shape index (κ1) is 18.8. The van der Waals surface area contributed by atoms with Crippen LogP contribution in [0, 0.1) is 6.92 Å². The van der Waals surface area contributed by atoms with E-state index in [0.717, 1.165) is 5.56 Å². The van der Waals surface area contributed by atoms with Gasteiger partial charge in [-0.15, -0.1) is 0 Å². The number of morpholine rings is 1. The number of aryl methyl sites for hydroxylation is 1. The Morgan fingerprint density at radius 2 is 1.77 bits per heavy atom. The van der Waals surface area contributed by atoms with Crippen LogP contribution in [0.25, 0.3) is 0 Å². The van der Waals surface area contributed by atoms with Crippen LogP contribution < -0.4 is 4.74 Å². The van der Waals surface area contributed by atoms with Crippen LogP contribution in [0.15, 0.2) is 47.4 Å². The van der Waals surface area contributed by atoms with E-state index in [4.69, 9.17) is 21.1 Å². The van der Waals surface area contributed by atoms with Crippen molar-refractivity contribution in [2.45, 2.75) is 11.8 Å². The van der Waals surface area contributed by atoms with Crippen molar-refractivity contribution < 1.29 is 22.7 Å². The van der Waals surface area contributed by atoms with E-state index < -0.39 is 16.0 Å². The highest BCUT2D eigenvalue weighted by Gasteiger charge is 2.26. The van der Waals surface area contributed by atoms with Crippen LogP contribution in [-0.2, 0) is 14.8 Å². The van der Waals surface area contributed by atoms with Crippen LogP contribution in [0.1, 0.15) is 15.9 Å². The second kappa shape index (κ2) is 7.75. The number of hydrogen-bond donors (Lipinski definition) is 0. The highest BCUT2D eigenvalue weighted by atomic mass is 35.5. The number of rotatable bonds is 4. The fourth-order valence-electron chi connectivity index (χ4n) is 2.59. The molecule has 3 rings (SSSR count). The molecule has 0 saturated carbocycles. The number of hydrogen-bond acceptors (Lipinski definition) is 5. The van der Waals surface area contributed by atoms with E-state index >= 15 is 0 Å². The topological polar surface area (TPSA) is 72.9 Å². The zero-order valence-electron chi connectivity index (χ0n) is 14.1. The summed E-state index contributed by atoms with van der Waals surface area (Å²) in [7, 11) is -3.59. The average Bonchev–Trinajstić information content (AvgIpc) is 2.65. The van der Waals surface area contributed by atoms with Gasteiger partial charge in [0.2, 0.25) is 10.0 Å². The van der Waals surface area contributed by atoms with Crippen molar-refractivity contribution in [3.8, 4) is 5.75 Å². The lowest BCUT2D eigenvalue weighted by atomic mass is 10.2. The van der Waals surface area contributed by atoms with E-state index in [2.05, 4.69) is 0 Å². The molecule has 2 aromatic carbocycles. The molecular formula is C18H18ClNO5S. The van der Waals surface area contributed by atoms with Gasteiger partial charge in [-0.25, -0.2) is 13.2 Å². The molecule has 1 aliphatic rings. The normalized spacial score (nSPS) is 15.6. The molecule has 1 saturated heterocycles. The Labute approximate surface area is 157 Å². The standard InChI is InChI=1S/C18H18ClNO5S/c1-13-12-15(19)4-7-17(13)25-18(21)14-2-5-16(6-3-14)26(22,23)20-8-10-24-11-9-20/h2-7,12H,8-11H2,1H3. The van der Waals surface area contributed by atoms with Gasteiger partial charge in [0.25, 0.3) is 0 Å². The SMILES string of the molecule is Cc1cc(Cl)ccc1OC(=O)c1ccc(S(=O)(=O)N2CCOCC2)cc1. The van der Waals surface area contributed by atoms with Gasteiger partial charge in [0.1, 0.15) is 5.75 Å². The minimum atomic E-state index is -3.59. The summed E-state index contributed by atoms with van der Waals surface area (Å²) < 4.78 is 37.1. The first-order chi connectivity index (χ1) is 12.4. The van der Waals surface area contributed by atoms with Crippen molar-refractivity contribution in [2.75, 3.05) is 26.3 Å². The maximum atomic E-state index is 12.6. The van der Waals surface area contributed by atoms with E-state index in [1.54, 1.807) is 25.1 Å². The summed E-state index contributed by atoms with van der Waals surface area (Å²) in [6.07, 6.45) is 0. The molecular weight excluding hydrogens is 378 g/mol. The van der Waals surface area contributed by atoms with Crippen LogP contribution in [0.3, 0.4) is 0 Å². The van der Waals surface area contributed by atoms with E-state index in [9.17, 15) is 13.2 Å². The number of carbonyl (C=O) groups excluding carboxylic acids is 1. The van der Waals surface area contributed by atoms with Gasteiger partial charge < -0.3 is 9.47 Å². The maximum absolute atomic E-state index is 12.6. The van der Waals surface area contributed by atoms with Crippen molar-refractivity contribution in [1.29, 1.82) is 0 Å². The van der Waals surface area contributed by atoms with Crippen molar-refractivity contribution in [1.82, 2.24) is 4.31 Å². The molecule has 0 aromatic heterocycles. The molecule has 0 spiro atoms. The minimum absolute atomic E-state index is 0.138. The van der Waals surface area contributed by atoms with Crippen LogP contribution in [-0.4, -0.2) is 45.0 Å². The number of halogens is 1. The van der Waals surface area contributed by atoms with Gasteiger partial charge in [-0.3, -0.25) is 0 Å². The second-order valence-corrected chi connectivity index (χ2v) is 8.21. The number of nitrogens with zero attached hydrogens (tertiary/aromatic N) is 1. The summed E-state index contributed by atoms with van der Waals surface area (Å²) in [6.45, 7) is 3.19. The molecule has 0 bridgehead atoms. The van der Waals surface area contributed by atoms with E-state index in [1.807, 2.05) is 0 Å². The quantitative estimate of drug-likeness (QED) is 0.588. The van der Waals surface area contributed by atoms with Gasteiger partial charge in [0.05, 0.1) is 23.7 Å². The van der Waals surface area contributed by atoms with Gasteiger partial charge in [-0.05, 0) is 55.0 Å². The fourth-order valence-corrected chi connectivity index (χ4v) is 4.22. The van der Waals surface area contributed by atoms with Gasteiger partial charge in [0, 0.05) is 18.1 Å². The molecule has 138 valence electrons. The lowest BCUT2D eigenvalue weighted by molar-refractivity contribution is 0.0730. The molecule has 0 unspecified atom stereocenters. The van der Waals surface area contributed by atoms with Crippen LogP contribution in [0.4, 0.5) is 0 Å². The molecule has 0 radical (unpaired) electrons. The Balaban J connectivity index is 1.75. The average molecular weight is 396 g/mol. The predicted octanol–water partition coefficient (Wildman–Crippen LogP) is 2.89. The smallest absolute Gasteiger partial charge is 0.343 e. The van der Waals surface area contributed by atoms with Gasteiger partial charge in [-0.2, -0.15) is 4.31 Å². The molecule has 0 amide bonds. The highest BCUT2D eigenvalue weighted by Crippen LogP contribution is 2.23. The van der Waals surface area contributed by atoms with Crippen LogP contribution in [0.2, 0.25) is 5.02 Å². The van der Waals surface area contributed by atoms with Gasteiger partial charge in [-0.1, -0.05) is 11.6 Å². The van der Waals surface area contributed by atoms with Crippen molar-refractivity contribution in [3.05, 3.63) is 58.6 Å². The molecule has 2 aromatic rings. The summed E-state index contributed by atoms with van der Waals surface area (Å²) in [5, 5.41) is 0.556. The zero-order chi connectivity index (χ0) is 18.7. The molecule has 1 heterocycles. The molecule has 1 fully saturated rings. The first-order valence-electron chi connectivity index (χ1n) is 8.04. The fraction of sp³-hybridized carbons (Fsp3) is 0.278. The monoisotopic (exact) mass is 395 g/mol. The molecule has 0 N–H and O–H groups in total. The van der Waals surface area contributed by atoms with Crippen molar-refractivity contribution >= 4 is 27.6 Å². The summed E-state index contributed by atoms with van der Waals surface area (Å²) in [5.41, 5.74) is 0.998. The lowest BCUT2D eigenvalue weighted by Crippen LogP contribution is -2.40. The van der Waals surface area contributed by atoms with E-state index in [-0.39, 0.29) is 10.5 Å². The largest absolute Gasteiger partial charge is 0.423 e. The third-order valence-corrected chi connectivity index (χ3v) is 6.19. The number of benzene rings is 2. The Bertz CT molecular complexity index is 906. The number of esters is 1. The molecule has 8 heteroatoms. The molecule has 26 heavy (non-hydrogen) atoms. The Hall–Kier alpha value is -1.93. The summed E-state index contributed by atoms with van der Waals surface area (Å²) in [4.78, 5) is 12.4. The number of sulfonamides is 1. The molecule has 1 aliphatic heterocycles. The third kappa shape index (κ3) is 4.07. The van der Waals surface area contributed by atoms with Crippen molar-refractivity contribution in [2.24, 2.45) is 0 Å². The number of carbonyl (C=O) groups is 1. The van der Waals surface area contributed by atoms with Crippen molar-refractivity contribution in [3.63, 3.8) is 0 Å². The Morgan fingerprint density at radius 3 is 2.38 bits per heavy atom. The summed E-state index contributed by atoms with van der Waals surface area (Å²) >= 11 is 5.89. The van der Waals surface area contributed by atoms with Gasteiger partial charge >= 0.3 is 5.97 Å². The van der Waals surface area contributed by atoms with Gasteiger partial charge in [0.15, 0.2) is 0 Å². The summed E-state index contributed by atoms with van der Waals surface area (Å²) in [5.74, 6) is -0.157. The maximum Gasteiger partial charge on any atom is 0.343 e. The second-order valence-electron chi connectivity index (χ2n) is 5.84. The lowest BCUT2D eigenvalue weighted by Gasteiger charge is -2.26. The predicted molar refractivity (Wildman–Crippen MR) is 97.2 cm³/mol. The molecule has 6 nitrogen and oxygen atoms in total. The van der Waals surface area contributed by atoms with E-state index in [1.165, 1.54) is 28.6 Å². The minimum Gasteiger partial charge on any atom is -0.423 e. The highest BCUT2D eigenvalue weighted by molar-refractivity contribution is 7.89. The Kier molecular flexibility index (Phi) is 5.62. The summed E-state index contributed by atoms with van der Waals surface area (Å²) in [6, 6.07) is 10.7. The van der Waals surface area contributed by atoms with Crippen LogP contribution in [0.5, 0.6) is 5.75 Å². The zero-order valence-corrected chi connectivity index (χ0v) is 15.7. The molecule has 0 aliphatic carbocycles. The number of ether oxygens (including phenoxy) is 2. The first-order valence-corrected chi connectivity index (χ1v) is 9.86. The Morgan fingerprint density at radius 1 is 1.12 bits per heavy atom. The van der Waals surface area contributed by atoms with E-state index in [0.29, 0.717) is 37.1 Å². The molecule has 0 atom stereocenters. The van der Waals surface area contributed by atoms with Crippen LogP contribution >= 0.6 is 11.6 Å².